The summed E-state index contributed by atoms with van der Waals surface area (Å²) in [5, 5.41) is 9.10. The van der Waals surface area contributed by atoms with Crippen LogP contribution in [0.3, 0.4) is 0 Å². The van der Waals surface area contributed by atoms with Gasteiger partial charge in [-0.15, -0.1) is 0 Å². The van der Waals surface area contributed by atoms with Crippen molar-refractivity contribution in [2.75, 3.05) is 19.8 Å². The van der Waals surface area contributed by atoms with Gasteiger partial charge in [-0.05, 0) is 20.3 Å². The highest BCUT2D eigenvalue weighted by atomic mass is 16.5. The topological polar surface area (TPSA) is 87.8 Å². The first-order chi connectivity index (χ1) is 8.08. The largest absolute Gasteiger partial charge is 0.394 e. The zero-order valence-electron chi connectivity index (χ0n) is 10.6. The molecule has 1 rings (SSSR count). The Morgan fingerprint density at radius 1 is 1.71 bits per heavy atom. The Labute approximate surface area is 102 Å². The smallest absolute Gasteiger partial charge is 0.233 e. The van der Waals surface area contributed by atoms with Crippen molar-refractivity contribution in [1.82, 2.24) is 10.3 Å². The minimum Gasteiger partial charge on any atom is -0.394 e. The minimum absolute atomic E-state index is 0.0409. The molecule has 0 saturated carbocycles. The van der Waals surface area contributed by atoms with Crippen LogP contribution in [0.1, 0.15) is 26.7 Å². The van der Waals surface area contributed by atoms with Crippen LogP contribution in [0, 0.1) is 0 Å². The van der Waals surface area contributed by atoms with Gasteiger partial charge in [-0.3, -0.25) is 15.1 Å². The zero-order valence-corrected chi connectivity index (χ0v) is 10.6. The molecule has 1 aliphatic heterocycles. The van der Waals surface area contributed by atoms with Crippen molar-refractivity contribution in [3.8, 4) is 0 Å². The molecule has 17 heavy (non-hydrogen) atoms. The lowest BCUT2D eigenvalue weighted by Crippen LogP contribution is -2.53. The molecule has 100 valence electrons. The number of nitrogens with one attached hydrogen (secondary N) is 1. The molecule has 1 aliphatic rings. The van der Waals surface area contributed by atoms with Crippen molar-refractivity contribution in [1.29, 1.82) is 0 Å². The van der Waals surface area contributed by atoms with Crippen LogP contribution < -0.4 is 11.3 Å². The van der Waals surface area contributed by atoms with Gasteiger partial charge in [-0.2, -0.15) is 0 Å². The number of ether oxygens (including phenoxy) is 1. The average Bonchev–Trinajstić information content (AvgIpc) is 2.36. The molecule has 0 radical (unpaired) electrons. The van der Waals surface area contributed by atoms with Crippen LogP contribution in [0.2, 0.25) is 0 Å². The number of carbonyl (C=O) groups excluding carboxylic acids is 1. The summed E-state index contributed by atoms with van der Waals surface area (Å²) in [4.78, 5) is 13.4. The number of hydrogen-bond donors (Lipinski definition) is 3. The first kappa shape index (κ1) is 14.4. The van der Waals surface area contributed by atoms with Crippen LogP contribution in [-0.4, -0.2) is 53.9 Å². The predicted molar refractivity (Wildman–Crippen MR) is 64.0 cm³/mol. The molecule has 0 bridgehead atoms. The Balaban J connectivity index is 2.42. The molecule has 3 unspecified atom stereocenters. The van der Waals surface area contributed by atoms with Crippen molar-refractivity contribution < 1.29 is 14.6 Å². The highest BCUT2D eigenvalue weighted by molar-refractivity contribution is 5.75. The summed E-state index contributed by atoms with van der Waals surface area (Å²) in [7, 11) is 0. The molecule has 1 fully saturated rings. The number of hydrazine groups is 1. The van der Waals surface area contributed by atoms with Gasteiger partial charge in [0, 0.05) is 25.0 Å². The second-order valence-corrected chi connectivity index (χ2v) is 4.64. The number of aliphatic hydroxyl groups is 1. The molecule has 1 saturated heterocycles. The van der Waals surface area contributed by atoms with E-state index < -0.39 is 0 Å². The van der Waals surface area contributed by atoms with Gasteiger partial charge in [-0.25, -0.2) is 5.84 Å². The molecule has 0 aromatic rings. The van der Waals surface area contributed by atoms with E-state index in [1.54, 1.807) is 0 Å². The number of amides is 1. The van der Waals surface area contributed by atoms with Crippen LogP contribution in [0.15, 0.2) is 0 Å². The number of nitrogens with two attached hydrogens (primary N) is 1. The Morgan fingerprint density at radius 3 is 3.00 bits per heavy atom. The summed E-state index contributed by atoms with van der Waals surface area (Å²) in [5.41, 5.74) is 2.13. The number of nitrogens with zero attached hydrogens (tertiary/aromatic N) is 1. The molecule has 6 nitrogen and oxygen atoms in total. The third-order valence-electron chi connectivity index (χ3n) is 3.27. The number of rotatable bonds is 5. The lowest BCUT2D eigenvalue weighted by molar-refractivity contribution is -0.122. The third kappa shape index (κ3) is 4.23. The van der Waals surface area contributed by atoms with E-state index in [0.29, 0.717) is 25.6 Å². The van der Waals surface area contributed by atoms with E-state index in [1.807, 2.05) is 0 Å². The van der Waals surface area contributed by atoms with Gasteiger partial charge in [0.05, 0.1) is 19.3 Å². The number of hydrogen-bond acceptors (Lipinski definition) is 5. The fraction of sp³-hybridized carbons (Fsp3) is 0.909. The van der Waals surface area contributed by atoms with Crippen molar-refractivity contribution >= 4 is 5.91 Å². The van der Waals surface area contributed by atoms with Crippen LogP contribution in [0.25, 0.3) is 0 Å². The minimum atomic E-state index is -0.142. The summed E-state index contributed by atoms with van der Waals surface area (Å²) in [6.07, 6.45) is 1.06. The molecule has 0 aromatic carbocycles. The normalized spacial score (nSPS) is 27.8. The monoisotopic (exact) mass is 245 g/mol. The molecule has 1 amide bonds. The fourth-order valence-electron chi connectivity index (χ4n) is 2.14. The van der Waals surface area contributed by atoms with Gasteiger partial charge in [0.25, 0.3) is 0 Å². The Kier molecular flexibility index (Phi) is 5.84. The number of morpholine rings is 1. The molecule has 4 N–H and O–H groups in total. The second kappa shape index (κ2) is 6.90. The van der Waals surface area contributed by atoms with E-state index >= 15 is 0 Å². The van der Waals surface area contributed by atoms with Gasteiger partial charge in [0.1, 0.15) is 0 Å². The molecular weight excluding hydrogens is 222 g/mol. The third-order valence-corrected chi connectivity index (χ3v) is 3.27. The van der Waals surface area contributed by atoms with Crippen LogP contribution in [0.5, 0.6) is 0 Å². The molecule has 3 atom stereocenters. The maximum Gasteiger partial charge on any atom is 0.233 e. The summed E-state index contributed by atoms with van der Waals surface area (Å²) in [6, 6.07) is 0.592. The average molecular weight is 245 g/mol. The molecular formula is C11H23N3O3. The Morgan fingerprint density at radius 2 is 2.41 bits per heavy atom. The van der Waals surface area contributed by atoms with Crippen molar-refractivity contribution in [2.24, 2.45) is 5.84 Å². The molecule has 0 aliphatic carbocycles. The fourth-order valence-corrected chi connectivity index (χ4v) is 2.14. The number of carbonyl (C=O) groups is 1. The van der Waals surface area contributed by atoms with E-state index in [9.17, 15) is 4.79 Å². The predicted octanol–water partition coefficient (Wildman–Crippen LogP) is -0.773. The van der Waals surface area contributed by atoms with Gasteiger partial charge < -0.3 is 9.84 Å². The van der Waals surface area contributed by atoms with E-state index in [-0.39, 0.29) is 24.7 Å². The standard InChI is InChI=1S/C11H23N3O3/c1-8(3-4-11(16)13-12)14-5-10(6-15)17-7-9(14)2/h8-10,15H,3-7,12H2,1-2H3,(H,13,16). The quantitative estimate of drug-likeness (QED) is 0.336. The molecule has 0 spiro atoms. The SMILES string of the molecule is CC(CCC(=O)NN)N1CC(CO)OCC1C. The maximum atomic E-state index is 11.1. The Hall–Kier alpha value is -0.690. The van der Waals surface area contributed by atoms with Crippen LogP contribution >= 0.6 is 0 Å². The van der Waals surface area contributed by atoms with Crippen LogP contribution in [0.4, 0.5) is 0 Å². The van der Waals surface area contributed by atoms with Crippen molar-refractivity contribution in [2.45, 2.75) is 44.9 Å². The Bertz CT molecular complexity index is 250. The molecule has 1 heterocycles. The van der Waals surface area contributed by atoms with Crippen molar-refractivity contribution in [3.63, 3.8) is 0 Å². The summed E-state index contributed by atoms with van der Waals surface area (Å²) < 4.78 is 5.48. The lowest BCUT2D eigenvalue weighted by atomic mass is 10.1. The van der Waals surface area contributed by atoms with Crippen LogP contribution in [-0.2, 0) is 9.53 Å². The first-order valence-corrected chi connectivity index (χ1v) is 6.06. The van der Waals surface area contributed by atoms with Gasteiger partial charge in [0.15, 0.2) is 0 Å². The summed E-state index contributed by atoms with van der Waals surface area (Å²) >= 11 is 0. The molecule has 6 heteroatoms. The first-order valence-electron chi connectivity index (χ1n) is 6.06. The highest BCUT2D eigenvalue weighted by Crippen LogP contribution is 2.17. The second-order valence-electron chi connectivity index (χ2n) is 4.64. The molecule has 0 aromatic heterocycles. The van der Waals surface area contributed by atoms with Crippen molar-refractivity contribution in [3.05, 3.63) is 0 Å². The van der Waals surface area contributed by atoms with E-state index in [4.69, 9.17) is 15.7 Å². The van der Waals surface area contributed by atoms with E-state index in [1.165, 1.54) is 0 Å². The van der Waals surface area contributed by atoms with E-state index in [0.717, 1.165) is 6.42 Å². The van der Waals surface area contributed by atoms with Gasteiger partial charge in [-0.1, -0.05) is 0 Å². The number of aliphatic hydroxyl groups excluding tert-OH is 1. The maximum absolute atomic E-state index is 11.1. The van der Waals surface area contributed by atoms with E-state index in [2.05, 4.69) is 24.2 Å². The van der Waals surface area contributed by atoms with Gasteiger partial charge >= 0.3 is 0 Å². The zero-order chi connectivity index (χ0) is 12.8. The van der Waals surface area contributed by atoms with Gasteiger partial charge in [0.2, 0.25) is 5.91 Å². The summed E-state index contributed by atoms with van der Waals surface area (Å²) in [5.74, 6) is 4.90. The highest BCUT2D eigenvalue weighted by Gasteiger charge is 2.28. The summed E-state index contributed by atoms with van der Waals surface area (Å²) in [6.45, 7) is 5.55. The lowest BCUT2D eigenvalue weighted by Gasteiger charge is -2.41.